The van der Waals surface area contributed by atoms with E-state index < -0.39 is 11.6 Å². The highest BCUT2D eigenvalue weighted by molar-refractivity contribution is 6.30. The number of carbonyl (C=O) groups excluding carboxylic acids is 3. The van der Waals surface area contributed by atoms with Crippen LogP contribution >= 0.6 is 11.6 Å². The van der Waals surface area contributed by atoms with Crippen LogP contribution in [0.3, 0.4) is 0 Å². The molecule has 4 rings (SSSR count). The van der Waals surface area contributed by atoms with E-state index in [2.05, 4.69) is 5.32 Å². The van der Waals surface area contributed by atoms with E-state index in [4.69, 9.17) is 16.9 Å². The van der Waals surface area contributed by atoms with Gasteiger partial charge < -0.3 is 10.2 Å². The van der Waals surface area contributed by atoms with Gasteiger partial charge in [-0.1, -0.05) is 23.7 Å². The van der Waals surface area contributed by atoms with Crippen molar-refractivity contribution in [2.75, 3.05) is 13.1 Å². The molecule has 2 aromatic carbocycles. The molecule has 7 nitrogen and oxygen atoms in total. The topological polar surface area (TPSA) is 93.5 Å². The maximum atomic E-state index is 13.2. The molecular formula is C22H19ClN4O3. The Kier molecular flexibility index (Phi) is 5.18. The third-order valence-electron chi connectivity index (χ3n) is 5.52. The third kappa shape index (κ3) is 3.62. The number of nitrogens with zero attached hydrogens (tertiary/aromatic N) is 3. The van der Waals surface area contributed by atoms with Crippen molar-refractivity contribution >= 4 is 29.4 Å². The van der Waals surface area contributed by atoms with E-state index in [0.717, 1.165) is 5.56 Å². The van der Waals surface area contributed by atoms with Crippen LogP contribution in [0.4, 0.5) is 4.79 Å². The smallest absolute Gasteiger partial charge is 0.325 e. The van der Waals surface area contributed by atoms with Gasteiger partial charge in [-0.05, 0) is 54.8 Å². The lowest BCUT2D eigenvalue weighted by Gasteiger charge is -2.38. The zero-order valence-electron chi connectivity index (χ0n) is 16.1. The minimum Gasteiger partial charge on any atom is -0.336 e. The van der Waals surface area contributed by atoms with Crippen LogP contribution in [0.2, 0.25) is 5.02 Å². The van der Waals surface area contributed by atoms with Gasteiger partial charge in [-0.2, -0.15) is 5.26 Å². The second kappa shape index (κ2) is 7.81. The molecule has 30 heavy (non-hydrogen) atoms. The second-order valence-corrected chi connectivity index (χ2v) is 7.99. The Hall–Kier alpha value is -3.37. The molecule has 1 N–H and O–H groups in total. The number of benzene rings is 2. The number of likely N-dealkylation sites (tertiary alicyclic amines) is 1. The highest BCUT2D eigenvalue weighted by atomic mass is 35.5. The Morgan fingerprint density at radius 1 is 1.20 bits per heavy atom. The van der Waals surface area contributed by atoms with E-state index in [9.17, 15) is 14.4 Å². The molecule has 152 valence electrons. The minimum atomic E-state index is -1.11. The molecule has 0 aliphatic carbocycles. The average molecular weight is 423 g/mol. The predicted molar refractivity (Wildman–Crippen MR) is 110 cm³/mol. The highest BCUT2D eigenvalue weighted by Crippen LogP contribution is 2.30. The first-order valence-corrected chi connectivity index (χ1v) is 9.98. The third-order valence-corrected chi connectivity index (χ3v) is 5.75. The van der Waals surface area contributed by atoms with Crippen molar-refractivity contribution in [3.63, 3.8) is 0 Å². The number of piperidine rings is 1. The Bertz CT molecular complexity index is 1060. The fraction of sp³-hybridized carbons (Fsp3) is 0.273. The van der Waals surface area contributed by atoms with Crippen molar-refractivity contribution in [3.05, 3.63) is 70.2 Å². The molecule has 2 aliphatic rings. The number of nitrogens with one attached hydrogen (secondary N) is 1. The maximum absolute atomic E-state index is 13.2. The van der Waals surface area contributed by atoms with E-state index in [1.54, 1.807) is 53.4 Å². The number of hydrogen-bond donors (Lipinski definition) is 1. The van der Waals surface area contributed by atoms with E-state index in [0.29, 0.717) is 35.5 Å². The summed E-state index contributed by atoms with van der Waals surface area (Å²) in [4.78, 5) is 41.5. The number of carbonyl (C=O) groups is 3. The summed E-state index contributed by atoms with van der Waals surface area (Å²) in [7, 11) is 0. The molecule has 2 heterocycles. The lowest BCUT2D eigenvalue weighted by atomic mass is 9.88. The van der Waals surface area contributed by atoms with Crippen LogP contribution in [0.25, 0.3) is 0 Å². The summed E-state index contributed by atoms with van der Waals surface area (Å²) in [6.07, 6.45) is 1.07. The van der Waals surface area contributed by atoms with Crippen molar-refractivity contribution < 1.29 is 14.4 Å². The molecule has 2 aliphatic heterocycles. The van der Waals surface area contributed by atoms with Crippen LogP contribution in [0, 0.1) is 11.3 Å². The van der Waals surface area contributed by atoms with Crippen LogP contribution in [0.1, 0.15) is 34.3 Å². The molecule has 2 aromatic rings. The molecule has 1 atom stereocenters. The molecular weight excluding hydrogens is 404 g/mol. The van der Waals surface area contributed by atoms with Crippen molar-refractivity contribution in [2.24, 2.45) is 0 Å². The van der Waals surface area contributed by atoms with Crippen LogP contribution in [-0.2, 0) is 11.3 Å². The summed E-state index contributed by atoms with van der Waals surface area (Å²) in [5, 5.41) is 12.3. The fourth-order valence-corrected chi connectivity index (χ4v) is 4.23. The van der Waals surface area contributed by atoms with E-state index in [-0.39, 0.29) is 24.9 Å². The van der Waals surface area contributed by atoms with Gasteiger partial charge in [0.2, 0.25) is 0 Å². The number of urea groups is 1. The van der Waals surface area contributed by atoms with Gasteiger partial charge in [0.15, 0.2) is 0 Å². The number of hydrogen-bond acceptors (Lipinski definition) is 4. The molecule has 0 bridgehead atoms. The minimum absolute atomic E-state index is 0.114. The van der Waals surface area contributed by atoms with Gasteiger partial charge in [-0.15, -0.1) is 0 Å². The number of nitriles is 1. The molecule has 0 aromatic heterocycles. The summed E-state index contributed by atoms with van der Waals surface area (Å²) < 4.78 is 0. The van der Waals surface area contributed by atoms with Gasteiger partial charge in [0, 0.05) is 17.1 Å². The molecule has 2 fully saturated rings. The molecule has 2 saturated heterocycles. The average Bonchev–Trinajstić information content (AvgIpc) is 2.97. The lowest BCUT2D eigenvalue weighted by Crippen LogP contribution is -2.59. The highest BCUT2D eigenvalue weighted by Gasteiger charge is 2.53. The summed E-state index contributed by atoms with van der Waals surface area (Å²) in [5.74, 6) is -0.557. The van der Waals surface area contributed by atoms with E-state index in [1.807, 2.05) is 6.07 Å². The molecule has 0 saturated carbocycles. The van der Waals surface area contributed by atoms with Gasteiger partial charge in [0.25, 0.3) is 11.8 Å². The predicted octanol–water partition coefficient (Wildman–Crippen LogP) is 2.94. The van der Waals surface area contributed by atoms with Gasteiger partial charge >= 0.3 is 6.03 Å². The van der Waals surface area contributed by atoms with Crippen molar-refractivity contribution in [1.82, 2.24) is 15.1 Å². The number of rotatable bonds is 3. The summed E-state index contributed by atoms with van der Waals surface area (Å²) in [5.41, 5.74) is 0.551. The van der Waals surface area contributed by atoms with Crippen LogP contribution < -0.4 is 5.32 Å². The second-order valence-electron chi connectivity index (χ2n) is 7.55. The van der Waals surface area contributed by atoms with Gasteiger partial charge in [0.1, 0.15) is 5.54 Å². The molecule has 1 unspecified atom stereocenters. The zero-order valence-corrected chi connectivity index (χ0v) is 16.9. The molecule has 0 radical (unpaired) electrons. The Morgan fingerprint density at radius 3 is 2.67 bits per heavy atom. The maximum Gasteiger partial charge on any atom is 0.325 e. The fourth-order valence-electron chi connectivity index (χ4n) is 4.01. The molecule has 4 amide bonds. The van der Waals surface area contributed by atoms with E-state index in [1.165, 1.54) is 4.90 Å². The van der Waals surface area contributed by atoms with Crippen LogP contribution in [-0.4, -0.2) is 46.3 Å². The lowest BCUT2D eigenvalue weighted by molar-refractivity contribution is -0.133. The summed E-state index contributed by atoms with van der Waals surface area (Å²) in [6, 6.07) is 14.9. The van der Waals surface area contributed by atoms with Gasteiger partial charge in [-0.3, -0.25) is 14.5 Å². The summed E-state index contributed by atoms with van der Waals surface area (Å²) >= 11 is 6.01. The quantitative estimate of drug-likeness (QED) is 0.769. The largest absolute Gasteiger partial charge is 0.336 e. The van der Waals surface area contributed by atoms with Crippen molar-refractivity contribution in [1.29, 1.82) is 5.26 Å². The van der Waals surface area contributed by atoms with Gasteiger partial charge in [0.05, 0.1) is 24.7 Å². The zero-order chi connectivity index (χ0) is 21.3. The van der Waals surface area contributed by atoms with Crippen LogP contribution in [0.15, 0.2) is 48.5 Å². The molecule has 8 heteroatoms. The first-order chi connectivity index (χ1) is 14.4. The Balaban J connectivity index is 1.52. The number of imide groups is 1. The Morgan fingerprint density at radius 2 is 1.97 bits per heavy atom. The van der Waals surface area contributed by atoms with Crippen molar-refractivity contribution in [3.8, 4) is 6.07 Å². The van der Waals surface area contributed by atoms with E-state index >= 15 is 0 Å². The van der Waals surface area contributed by atoms with Gasteiger partial charge in [-0.25, -0.2) is 4.79 Å². The normalized spacial score (nSPS) is 20.9. The number of halogens is 1. The first kappa shape index (κ1) is 19.9. The first-order valence-electron chi connectivity index (χ1n) is 9.60. The number of amides is 4. The van der Waals surface area contributed by atoms with Crippen molar-refractivity contribution in [2.45, 2.75) is 24.9 Å². The summed E-state index contributed by atoms with van der Waals surface area (Å²) in [6.45, 7) is 0.733. The Labute approximate surface area is 178 Å². The monoisotopic (exact) mass is 422 g/mol. The van der Waals surface area contributed by atoms with Crippen LogP contribution in [0.5, 0.6) is 0 Å². The SMILES string of the molecule is N#Cc1ccc(C(=O)N2CCCC3(C2)NC(=O)N(Cc2cccc(Cl)c2)C3=O)cc1. The standard InChI is InChI=1S/C22H19ClN4O3/c23-18-4-1-3-16(11-18)13-27-20(29)22(25-21(27)30)9-2-10-26(14-22)19(28)17-7-5-15(12-24)6-8-17/h1,3-8,11H,2,9-10,13-14H2,(H,25,30). The molecule has 1 spiro atoms.